The Morgan fingerprint density at radius 3 is 2.88 bits per heavy atom. The van der Waals surface area contributed by atoms with Gasteiger partial charge in [0.05, 0.1) is 11.7 Å². The molecule has 2 rings (SSSR count). The highest BCUT2D eigenvalue weighted by molar-refractivity contribution is 7.11. The van der Waals surface area contributed by atoms with Gasteiger partial charge in [-0.05, 0) is 19.8 Å². The van der Waals surface area contributed by atoms with E-state index in [4.69, 9.17) is 5.11 Å². The maximum Gasteiger partial charge on any atom is 0.326 e. The first kappa shape index (κ1) is 11.1. The average Bonchev–Trinajstić information content (AvgIpc) is 2.84. The van der Waals surface area contributed by atoms with Crippen LogP contribution >= 0.6 is 11.3 Å². The van der Waals surface area contributed by atoms with Crippen LogP contribution in [-0.2, 0) is 4.79 Å². The molecule has 86 valence electrons. The van der Waals surface area contributed by atoms with Gasteiger partial charge < -0.3 is 10.0 Å². The van der Waals surface area contributed by atoms with Crippen molar-refractivity contribution in [3.63, 3.8) is 0 Å². The van der Waals surface area contributed by atoms with Gasteiger partial charge in [0.2, 0.25) is 0 Å². The Hall–Kier alpha value is -1.43. The molecule has 6 heteroatoms. The molecule has 2 heterocycles. The minimum atomic E-state index is -0.929. The van der Waals surface area contributed by atoms with Crippen LogP contribution in [0.15, 0.2) is 11.7 Å². The highest BCUT2D eigenvalue weighted by Crippen LogP contribution is 2.26. The van der Waals surface area contributed by atoms with Crippen LogP contribution in [0.5, 0.6) is 0 Å². The molecule has 1 N–H and O–H groups in total. The van der Waals surface area contributed by atoms with E-state index in [2.05, 4.69) is 4.98 Å². The summed E-state index contributed by atoms with van der Waals surface area (Å²) < 4.78 is 0. The van der Waals surface area contributed by atoms with Crippen LogP contribution in [0.4, 0.5) is 0 Å². The number of nitrogens with zero attached hydrogens (tertiary/aromatic N) is 2. The van der Waals surface area contributed by atoms with Crippen LogP contribution in [-0.4, -0.2) is 39.0 Å². The number of aliphatic carboxylic acids is 1. The fraction of sp³-hybridized carbons (Fsp3) is 0.500. The van der Waals surface area contributed by atoms with Gasteiger partial charge in [-0.2, -0.15) is 0 Å². The summed E-state index contributed by atoms with van der Waals surface area (Å²) in [4.78, 5) is 28.9. The summed E-state index contributed by atoms with van der Waals surface area (Å²) in [5.41, 5.74) is 1.57. The summed E-state index contributed by atoms with van der Waals surface area (Å²) in [5, 5.41) is 9.04. The van der Waals surface area contributed by atoms with E-state index >= 15 is 0 Å². The van der Waals surface area contributed by atoms with E-state index in [9.17, 15) is 9.59 Å². The number of hydrogen-bond donors (Lipinski definition) is 1. The van der Waals surface area contributed by atoms with E-state index in [1.165, 1.54) is 22.4 Å². The normalized spacial score (nSPS) is 24.7. The van der Waals surface area contributed by atoms with Crippen molar-refractivity contribution >= 4 is 23.2 Å². The summed E-state index contributed by atoms with van der Waals surface area (Å²) in [7, 11) is 0. The largest absolute Gasteiger partial charge is 0.480 e. The fourth-order valence-corrected chi connectivity index (χ4v) is 2.58. The van der Waals surface area contributed by atoms with Gasteiger partial charge in [-0.1, -0.05) is 0 Å². The summed E-state index contributed by atoms with van der Waals surface area (Å²) in [6.45, 7) is 1.88. The van der Waals surface area contributed by atoms with Crippen LogP contribution < -0.4 is 0 Å². The number of likely N-dealkylation sites (tertiary alicyclic amines) is 1. The molecular weight excluding hydrogens is 228 g/mol. The lowest BCUT2D eigenvalue weighted by molar-refractivity contribution is -0.141. The lowest BCUT2D eigenvalue weighted by Gasteiger charge is -2.25. The quantitative estimate of drug-likeness (QED) is 0.843. The Balaban J connectivity index is 2.24. The van der Waals surface area contributed by atoms with Crippen LogP contribution in [0.3, 0.4) is 0 Å². The number of aromatic nitrogens is 1. The summed E-state index contributed by atoms with van der Waals surface area (Å²) in [6.07, 6.45) is 2.75. The lowest BCUT2D eigenvalue weighted by Crippen LogP contribution is -2.43. The van der Waals surface area contributed by atoms with Crippen molar-refractivity contribution in [2.45, 2.75) is 31.8 Å². The number of thiazole rings is 1. The number of hydrogen-bond acceptors (Lipinski definition) is 4. The van der Waals surface area contributed by atoms with E-state index in [-0.39, 0.29) is 11.9 Å². The highest BCUT2D eigenvalue weighted by Gasteiger charge is 2.39. The molecule has 0 radical (unpaired) electrons. The second-order valence-electron chi connectivity index (χ2n) is 3.86. The van der Waals surface area contributed by atoms with Crippen LogP contribution in [0.2, 0.25) is 0 Å². The van der Waals surface area contributed by atoms with Crippen LogP contribution in [0, 0.1) is 0 Å². The number of carbonyl (C=O) groups is 2. The van der Waals surface area contributed by atoms with Crippen molar-refractivity contribution in [1.29, 1.82) is 0 Å². The zero-order valence-corrected chi connectivity index (χ0v) is 9.61. The number of amides is 1. The van der Waals surface area contributed by atoms with E-state index in [1.54, 1.807) is 5.51 Å². The average molecular weight is 240 g/mol. The third-order valence-corrected chi connectivity index (χ3v) is 3.59. The molecule has 1 amide bonds. The Kier molecular flexibility index (Phi) is 2.91. The van der Waals surface area contributed by atoms with Crippen molar-refractivity contribution in [2.75, 3.05) is 0 Å². The molecule has 1 aromatic heterocycles. The summed E-state index contributed by atoms with van der Waals surface area (Å²) in [5.74, 6) is -1.15. The van der Waals surface area contributed by atoms with Gasteiger partial charge >= 0.3 is 5.97 Å². The smallest absolute Gasteiger partial charge is 0.326 e. The molecule has 2 atom stereocenters. The Morgan fingerprint density at radius 2 is 2.31 bits per heavy atom. The van der Waals surface area contributed by atoms with Crippen molar-refractivity contribution in [2.24, 2.45) is 0 Å². The van der Waals surface area contributed by atoms with Gasteiger partial charge in [0.25, 0.3) is 5.91 Å². The predicted octanol–water partition coefficient (Wildman–Crippen LogP) is 1.22. The fourth-order valence-electron chi connectivity index (χ4n) is 2.02. The minimum Gasteiger partial charge on any atom is -0.480 e. The molecule has 0 aliphatic carbocycles. The molecule has 0 bridgehead atoms. The zero-order valence-electron chi connectivity index (χ0n) is 8.79. The molecule has 1 fully saturated rings. The van der Waals surface area contributed by atoms with Crippen molar-refractivity contribution in [1.82, 2.24) is 9.88 Å². The molecule has 1 aliphatic heterocycles. The standard InChI is InChI=1S/C10H12N2O3S/c1-6-2-3-7(10(14)15)12(6)9(13)8-4-11-5-16-8/h4-7H,2-3H2,1H3,(H,14,15)/t6-,7-/m1/s1. The molecular formula is C10H12N2O3S. The van der Waals surface area contributed by atoms with E-state index in [0.717, 1.165) is 6.42 Å². The molecule has 1 saturated heterocycles. The van der Waals surface area contributed by atoms with Gasteiger partial charge in [0.15, 0.2) is 0 Å². The Labute approximate surface area is 96.7 Å². The SMILES string of the molecule is C[C@@H]1CC[C@H](C(=O)O)N1C(=O)c1cncs1. The third-order valence-electron chi connectivity index (χ3n) is 2.83. The maximum atomic E-state index is 12.1. The molecule has 16 heavy (non-hydrogen) atoms. The predicted molar refractivity (Wildman–Crippen MR) is 58.4 cm³/mol. The van der Waals surface area contributed by atoms with Gasteiger partial charge in [-0.15, -0.1) is 11.3 Å². The monoisotopic (exact) mass is 240 g/mol. The van der Waals surface area contributed by atoms with Crippen molar-refractivity contribution < 1.29 is 14.7 Å². The molecule has 0 aromatic carbocycles. The topological polar surface area (TPSA) is 70.5 Å². The zero-order chi connectivity index (χ0) is 11.7. The van der Waals surface area contributed by atoms with Gasteiger partial charge in [-0.25, -0.2) is 4.79 Å². The number of rotatable bonds is 2. The molecule has 0 spiro atoms. The number of carbonyl (C=O) groups excluding carboxylic acids is 1. The molecule has 1 aliphatic rings. The van der Waals surface area contributed by atoms with E-state index < -0.39 is 12.0 Å². The first-order valence-corrected chi connectivity index (χ1v) is 5.93. The van der Waals surface area contributed by atoms with E-state index in [1.807, 2.05) is 6.92 Å². The van der Waals surface area contributed by atoms with Gasteiger partial charge in [0.1, 0.15) is 10.9 Å². The second-order valence-corrected chi connectivity index (χ2v) is 4.74. The first-order chi connectivity index (χ1) is 7.61. The van der Waals surface area contributed by atoms with Gasteiger partial charge in [-0.3, -0.25) is 9.78 Å². The van der Waals surface area contributed by atoms with Crippen molar-refractivity contribution in [3.05, 3.63) is 16.6 Å². The molecule has 0 unspecified atom stereocenters. The van der Waals surface area contributed by atoms with Gasteiger partial charge in [0, 0.05) is 6.04 Å². The van der Waals surface area contributed by atoms with Crippen LogP contribution in [0.25, 0.3) is 0 Å². The number of carboxylic acid groups (broad SMARTS) is 1. The first-order valence-electron chi connectivity index (χ1n) is 5.05. The maximum absolute atomic E-state index is 12.1. The summed E-state index contributed by atoms with van der Waals surface area (Å²) >= 11 is 1.24. The molecule has 0 saturated carbocycles. The van der Waals surface area contributed by atoms with E-state index in [0.29, 0.717) is 11.3 Å². The number of carboxylic acids is 1. The van der Waals surface area contributed by atoms with Crippen molar-refractivity contribution in [3.8, 4) is 0 Å². The highest BCUT2D eigenvalue weighted by atomic mass is 32.1. The third kappa shape index (κ3) is 1.80. The lowest BCUT2D eigenvalue weighted by atomic mass is 10.2. The molecule has 1 aromatic rings. The Morgan fingerprint density at radius 1 is 1.56 bits per heavy atom. The van der Waals surface area contributed by atoms with Crippen LogP contribution in [0.1, 0.15) is 29.4 Å². The Bertz CT molecular complexity index is 404. The second kappa shape index (κ2) is 4.21. The molecule has 5 nitrogen and oxygen atoms in total. The summed E-state index contributed by atoms with van der Waals surface area (Å²) in [6, 6.07) is -0.708. The minimum absolute atomic E-state index is 0.0179.